The molecule has 6 nitrogen and oxygen atoms in total. The lowest BCUT2D eigenvalue weighted by Crippen LogP contribution is -2.32. The molecule has 0 atom stereocenters. The largest absolute Gasteiger partial charge is 0.350 e. The van der Waals surface area contributed by atoms with Crippen molar-refractivity contribution in [3.05, 3.63) is 98.9 Å². The molecule has 0 saturated carbocycles. The summed E-state index contributed by atoms with van der Waals surface area (Å²) in [6.45, 7) is 0. The zero-order valence-corrected chi connectivity index (χ0v) is 18.8. The highest BCUT2D eigenvalue weighted by Gasteiger charge is 2.39. The molecule has 3 aromatic carbocycles. The van der Waals surface area contributed by atoms with Gasteiger partial charge in [0.1, 0.15) is 16.5 Å². The lowest BCUT2D eigenvalue weighted by molar-refractivity contribution is -0.120. The molecule has 166 valence electrons. The Morgan fingerprint density at radius 2 is 1.55 bits per heavy atom. The van der Waals surface area contributed by atoms with E-state index in [0.717, 1.165) is 4.90 Å². The maximum atomic E-state index is 13.1. The van der Waals surface area contributed by atoms with Crippen LogP contribution in [0.4, 0.5) is 21.5 Å². The van der Waals surface area contributed by atoms with Gasteiger partial charge >= 0.3 is 0 Å². The van der Waals surface area contributed by atoms with Crippen molar-refractivity contribution in [2.75, 3.05) is 15.5 Å². The van der Waals surface area contributed by atoms with Crippen LogP contribution in [-0.2, 0) is 9.59 Å². The maximum Gasteiger partial charge on any atom is 0.283 e. The van der Waals surface area contributed by atoms with Crippen LogP contribution >= 0.6 is 34.8 Å². The second-order valence-electron chi connectivity index (χ2n) is 6.90. The van der Waals surface area contributed by atoms with Gasteiger partial charge in [-0.25, -0.2) is 9.29 Å². The number of rotatable bonds is 5. The Hall–Kier alpha value is -3.39. The van der Waals surface area contributed by atoms with Gasteiger partial charge in [0.05, 0.1) is 15.7 Å². The van der Waals surface area contributed by atoms with Crippen molar-refractivity contribution in [2.24, 2.45) is 0 Å². The smallest absolute Gasteiger partial charge is 0.283 e. The molecule has 0 spiro atoms. The van der Waals surface area contributed by atoms with Gasteiger partial charge in [-0.05, 0) is 60.7 Å². The molecule has 1 aliphatic heterocycles. The van der Waals surface area contributed by atoms with Crippen molar-refractivity contribution < 1.29 is 18.8 Å². The van der Waals surface area contributed by atoms with E-state index >= 15 is 0 Å². The molecule has 0 fully saturated rings. The third kappa shape index (κ3) is 4.71. The molecular weight excluding hydrogens is 492 g/mol. The van der Waals surface area contributed by atoms with Gasteiger partial charge in [-0.15, -0.1) is 0 Å². The van der Waals surface area contributed by atoms with Crippen molar-refractivity contribution in [1.29, 1.82) is 0 Å². The summed E-state index contributed by atoms with van der Waals surface area (Å²) < 4.78 is 13.1. The highest BCUT2D eigenvalue weighted by atomic mass is 35.5. The molecule has 3 amide bonds. The van der Waals surface area contributed by atoms with Crippen molar-refractivity contribution in [2.45, 2.75) is 0 Å². The molecule has 1 heterocycles. The normalized spacial score (nSPS) is 13.5. The van der Waals surface area contributed by atoms with Crippen LogP contribution in [0, 0.1) is 5.82 Å². The predicted octanol–water partition coefficient (Wildman–Crippen LogP) is 5.82. The van der Waals surface area contributed by atoms with Crippen LogP contribution in [0.15, 0.2) is 77.5 Å². The van der Waals surface area contributed by atoms with Crippen molar-refractivity contribution >= 4 is 69.6 Å². The second-order valence-corrected chi connectivity index (χ2v) is 8.09. The summed E-state index contributed by atoms with van der Waals surface area (Å²) in [6, 6.07) is 15.9. The van der Waals surface area contributed by atoms with E-state index in [1.807, 2.05) is 0 Å². The van der Waals surface area contributed by atoms with E-state index < -0.39 is 23.5 Å². The minimum Gasteiger partial charge on any atom is -0.350 e. The van der Waals surface area contributed by atoms with Crippen LogP contribution in [0.2, 0.25) is 10.0 Å². The van der Waals surface area contributed by atoms with Crippen LogP contribution in [0.25, 0.3) is 0 Å². The topological polar surface area (TPSA) is 78.5 Å². The van der Waals surface area contributed by atoms with Crippen LogP contribution < -0.4 is 15.5 Å². The van der Waals surface area contributed by atoms with Gasteiger partial charge in [-0.3, -0.25) is 14.4 Å². The number of amides is 3. The molecule has 10 heteroatoms. The zero-order valence-electron chi connectivity index (χ0n) is 16.5. The van der Waals surface area contributed by atoms with Gasteiger partial charge in [0.25, 0.3) is 17.7 Å². The minimum atomic E-state index is -0.729. The Balaban J connectivity index is 1.54. The molecule has 0 bridgehead atoms. The number of nitrogens with zero attached hydrogens (tertiary/aromatic N) is 1. The first-order chi connectivity index (χ1) is 15.7. The quantitative estimate of drug-likeness (QED) is 0.429. The van der Waals surface area contributed by atoms with Gasteiger partial charge in [0.15, 0.2) is 0 Å². The first kappa shape index (κ1) is 22.8. The van der Waals surface area contributed by atoms with E-state index in [1.165, 1.54) is 48.5 Å². The summed E-state index contributed by atoms with van der Waals surface area (Å²) >= 11 is 18.1. The highest BCUT2D eigenvalue weighted by Crippen LogP contribution is 2.33. The molecule has 1 aliphatic rings. The molecular formula is C23H13Cl3FN3O3. The fraction of sp³-hybridized carbons (Fsp3) is 0. The third-order valence-corrected chi connectivity index (χ3v) is 5.77. The Bertz CT molecular complexity index is 1330. The van der Waals surface area contributed by atoms with E-state index in [-0.39, 0.29) is 32.0 Å². The van der Waals surface area contributed by atoms with Gasteiger partial charge in [-0.1, -0.05) is 40.9 Å². The molecule has 0 unspecified atom stereocenters. The highest BCUT2D eigenvalue weighted by molar-refractivity contribution is 6.53. The molecule has 0 aromatic heterocycles. The summed E-state index contributed by atoms with van der Waals surface area (Å²) in [4.78, 5) is 39.0. The number of hydrogen-bond acceptors (Lipinski definition) is 4. The summed E-state index contributed by atoms with van der Waals surface area (Å²) in [5.41, 5.74) is 1.09. The monoisotopic (exact) mass is 503 g/mol. The number of nitrogens with one attached hydrogen (secondary N) is 2. The van der Waals surface area contributed by atoms with Crippen LogP contribution in [0.3, 0.4) is 0 Å². The molecule has 4 rings (SSSR count). The standard InChI is InChI=1S/C23H13Cl3FN3O3/c24-17-9-8-16(11-18(17)25)30-22(32)19(26)20(23(30)33)28-15-3-1-2-12(10-15)21(31)29-14-6-4-13(27)5-7-14/h1-11,28H,(H,29,31). The van der Waals surface area contributed by atoms with Gasteiger partial charge in [0, 0.05) is 16.9 Å². The Morgan fingerprint density at radius 3 is 2.24 bits per heavy atom. The number of benzene rings is 3. The Labute approximate surface area is 202 Å². The molecule has 3 aromatic rings. The minimum absolute atomic E-state index is 0.149. The van der Waals surface area contributed by atoms with E-state index in [2.05, 4.69) is 10.6 Å². The average Bonchev–Trinajstić information content (AvgIpc) is 3.00. The molecule has 0 saturated heterocycles. The number of halogens is 4. The number of hydrogen-bond donors (Lipinski definition) is 2. The van der Waals surface area contributed by atoms with E-state index in [1.54, 1.807) is 18.2 Å². The Morgan fingerprint density at radius 1 is 0.818 bits per heavy atom. The molecule has 0 aliphatic carbocycles. The van der Waals surface area contributed by atoms with Gasteiger partial charge in [-0.2, -0.15) is 0 Å². The summed E-state index contributed by atoms with van der Waals surface area (Å²) in [5.74, 6) is -2.29. The molecule has 33 heavy (non-hydrogen) atoms. The lowest BCUT2D eigenvalue weighted by atomic mass is 10.1. The van der Waals surface area contributed by atoms with Crippen LogP contribution in [-0.4, -0.2) is 17.7 Å². The van der Waals surface area contributed by atoms with Gasteiger partial charge < -0.3 is 10.6 Å². The first-order valence-electron chi connectivity index (χ1n) is 9.42. The number of imide groups is 1. The van der Waals surface area contributed by atoms with Crippen molar-refractivity contribution in [3.8, 4) is 0 Å². The summed E-state index contributed by atoms with van der Waals surface area (Å²) in [7, 11) is 0. The third-order valence-electron chi connectivity index (χ3n) is 4.68. The number of carbonyl (C=O) groups excluding carboxylic acids is 3. The van der Waals surface area contributed by atoms with E-state index in [4.69, 9.17) is 34.8 Å². The van der Waals surface area contributed by atoms with Crippen molar-refractivity contribution in [3.63, 3.8) is 0 Å². The van der Waals surface area contributed by atoms with Gasteiger partial charge in [0.2, 0.25) is 0 Å². The zero-order chi connectivity index (χ0) is 23.7. The molecule has 2 N–H and O–H groups in total. The second kappa shape index (κ2) is 9.23. The average molecular weight is 505 g/mol. The predicted molar refractivity (Wildman–Crippen MR) is 126 cm³/mol. The molecule has 0 radical (unpaired) electrons. The fourth-order valence-electron chi connectivity index (χ4n) is 3.09. The SMILES string of the molecule is O=C(Nc1ccc(F)cc1)c1cccc(NC2=C(Cl)C(=O)N(c3ccc(Cl)c(Cl)c3)C2=O)c1. The van der Waals surface area contributed by atoms with Crippen LogP contribution in [0.5, 0.6) is 0 Å². The Kier molecular flexibility index (Phi) is 6.37. The van der Waals surface area contributed by atoms with E-state index in [9.17, 15) is 18.8 Å². The maximum absolute atomic E-state index is 13.1. The summed E-state index contributed by atoms with van der Waals surface area (Å²) in [6.07, 6.45) is 0. The van der Waals surface area contributed by atoms with Crippen molar-refractivity contribution in [1.82, 2.24) is 0 Å². The van der Waals surface area contributed by atoms with Crippen LogP contribution in [0.1, 0.15) is 10.4 Å². The lowest BCUT2D eigenvalue weighted by Gasteiger charge is -2.16. The number of anilines is 3. The first-order valence-corrected chi connectivity index (χ1v) is 10.6. The van der Waals surface area contributed by atoms with E-state index in [0.29, 0.717) is 11.4 Å². The fourth-order valence-corrected chi connectivity index (χ4v) is 3.59. The number of carbonyl (C=O) groups is 3. The summed E-state index contributed by atoms with van der Waals surface area (Å²) in [5, 5.41) is 5.59.